The summed E-state index contributed by atoms with van der Waals surface area (Å²) in [7, 11) is 0. The highest BCUT2D eigenvalue weighted by atomic mass is 35.5. The zero-order valence-corrected chi connectivity index (χ0v) is 19.6. The van der Waals surface area contributed by atoms with Crippen molar-refractivity contribution in [2.75, 3.05) is 0 Å². The van der Waals surface area contributed by atoms with Crippen LogP contribution in [-0.4, -0.2) is 26.7 Å². The lowest BCUT2D eigenvalue weighted by Gasteiger charge is -2.15. The van der Waals surface area contributed by atoms with Crippen LogP contribution in [0.1, 0.15) is 36.3 Å². The summed E-state index contributed by atoms with van der Waals surface area (Å²) in [6.07, 6.45) is -4.30. The molecule has 0 aliphatic carbocycles. The number of hydrogen-bond donors (Lipinski definition) is 1. The minimum absolute atomic E-state index is 0.169. The van der Waals surface area contributed by atoms with Gasteiger partial charge >= 0.3 is 6.18 Å². The molecular formula is C24H19Cl2F3N4O. The van der Waals surface area contributed by atoms with E-state index in [0.29, 0.717) is 33.4 Å². The monoisotopic (exact) mass is 506 g/mol. The van der Waals surface area contributed by atoms with Crippen molar-refractivity contribution in [2.24, 2.45) is 0 Å². The predicted molar refractivity (Wildman–Crippen MR) is 127 cm³/mol. The van der Waals surface area contributed by atoms with Gasteiger partial charge in [0.1, 0.15) is 0 Å². The van der Waals surface area contributed by atoms with Gasteiger partial charge in [-0.25, -0.2) is 9.67 Å². The van der Waals surface area contributed by atoms with Crippen molar-refractivity contribution >= 4 is 40.1 Å². The van der Waals surface area contributed by atoms with Crippen molar-refractivity contribution in [1.82, 2.24) is 20.1 Å². The lowest BCUT2D eigenvalue weighted by Crippen LogP contribution is -2.33. The Morgan fingerprint density at radius 1 is 1.12 bits per heavy atom. The number of carbonyl (C=O) groups is 1. The van der Waals surface area contributed by atoms with Crippen LogP contribution >= 0.6 is 23.2 Å². The van der Waals surface area contributed by atoms with Gasteiger partial charge in [-0.15, -0.1) is 5.10 Å². The predicted octanol–water partition coefficient (Wildman–Crippen LogP) is 6.94. The summed E-state index contributed by atoms with van der Waals surface area (Å²) in [4.78, 5) is 16.6. The Labute approximate surface area is 203 Å². The molecule has 2 aromatic heterocycles. The smallest absolute Gasteiger partial charge is 0.350 e. The highest BCUT2D eigenvalue weighted by molar-refractivity contribution is 6.32. The van der Waals surface area contributed by atoms with Crippen molar-refractivity contribution in [3.8, 4) is 16.9 Å². The van der Waals surface area contributed by atoms with Crippen molar-refractivity contribution in [2.45, 2.75) is 32.5 Å². The number of nitrogens with one attached hydrogen (secondary N) is 1. The molecule has 1 unspecified atom stereocenters. The van der Waals surface area contributed by atoms with E-state index in [1.54, 1.807) is 55.5 Å². The number of alkyl halides is 3. The van der Waals surface area contributed by atoms with Crippen LogP contribution in [0.3, 0.4) is 0 Å². The number of amides is 1. The van der Waals surface area contributed by atoms with Crippen molar-refractivity contribution < 1.29 is 18.0 Å². The molecule has 34 heavy (non-hydrogen) atoms. The van der Waals surface area contributed by atoms with E-state index < -0.39 is 23.3 Å². The van der Waals surface area contributed by atoms with Crippen LogP contribution in [0.5, 0.6) is 0 Å². The number of rotatable bonds is 5. The molecule has 1 atom stereocenters. The first-order valence-electron chi connectivity index (χ1n) is 10.4. The molecule has 10 heteroatoms. The molecule has 1 N–H and O–H groups in total. The third-order valence-electron chi connectivity index (χ3n) is 5.37. The zero-order chi connectivity index (χ0) is 24.6. The number of hydrogen-bond acceptors (Lipinski definition) is 3. The standard InChI is InChI=1S/C24H19Cl2F3N4O/c1-3-13(2)30-23(34)17-12-16-20(14-8-10-15(25)11-9-14)33(19-7-5-4-6-18(19)26)32-22(16)31-21(17)24(27,28)29/h4-13H,3H2,1-2H3,(H,30,34). The summed E-state index contributed by atoms with van der Waals surface area (Å²) >= 11 is 12.4. The third-order valence-corrected chi connectivity index (χ3v) is 5.94. The Morgan fingerprint density at radius 2 is 1.79 bits per heavy atom. The van der Waals surface area contributed by atoms with Gasteiger partial charge in [0.05, 0.1) is 22.0 Å². The number of pyridine rings is 1. The van der Waals surface area contributed by atoms with E-state index in [1.807, 2.05) is 6.92 Å². The molecule has 0 radical (unpaired) electrons. The summed E-state index contributed by atoms with van der Waals surface area (Å²) in [5.41, 5.74) is -0.551. The second kappa shape index (κ2) is 9.27. The summed E-state index contributed by atoms with van der Waals surface area (Å²) in [5, 5.41) is 8.04. The van der Waals surface area contributed by atoms with Gasteiger partial charge in [0.25, 0.3) is 5.91 Å². The number of fused-ring (bicyclic) bond motifs is 1. The molecule has 2 aromatic carbocycles. The van der Waals surface area contributed by atoms with Gasteiger partial charge in [-0.05, 0) is 43.7 Å². The van der Waals surface area contributed by atoms with E-state index >= 15 is 0 Å². The Bertz CT molecular complexity index is 1370. The summed E-state index contributed by atoms with van der Waals surface area (Å²) < 4.78 is 43.1. The molecule has 5 nitrogen and oxygen atoms in total. The first kappa shape index (κ1) is 24.0. The Balaban J connectivity index is 2.05. The van der Waals surface area contributed by atoms with E-state index in [2.05, 4.69) is 15.4 Å². The lowest BCUT2D eigenvalue weighted by atomic mass is 10.0. The summed E-state index contributed by atoms with van der Waals surface area (Å²) in [6, 6.07) is 14.4. The molecule has 4 aromatic rings. The van der Waals surface area contributed by atoms with Crippen LogP contribution in [-0.2, 0) is 6.18 Å². The lowest BCUT2D eigenvalue weighted by molar-refractivity contribution is -0.141. The summed E-state index contributed by atoms with van der Waals surface area (Å²) in [6.45, 7) is 3.54. The fourth-order valence-corrected chi connectivity index (χ4v) is 3.83. The number of aromatic nitrogens is 3. The van der Waals surface area contributed by atoms with Crippen LogP contribution < -0.4 is 5.32 Å². The van der Waals surface area contributed by atoms with Crippen LogP contribution in [0.25, 0.3) is 28.0 Å². The van der Waals surface area contributed by atoms with Gasteiger partial charge in [0.15, 0.2) is 11.3 Å². The molecule has 0 saturated carbocycles. The highest BCUT2D eigenvalue weighted by Crippen LogP contribution is 2.37. The molecule has 0 aliphatic heterocycles. The molecular weight excluding hydrogens is 488 g/mol. The number of nitrogens with zero attached hydrogens (tertiary/aromatic N) is 3. The van der Waals surface area contributed by atoms with Crippen LogP contribution in [0.15, 0.2) is 54.6 Å². The highest BCUT2D eigenvalue weighted by Gasteiger charge is 2.39. The quantitative estimate of drug-likeness (QED) is 0.318. The van der Waals surface area contributed by atoms with Gasteiger partial charge in [0.2, 0.25) is 0 Å². The largest absolute Gasteiger partial charge is 0.434 e. The molecule has 0 bridgehead atoms. The van der Waals surface area contributed by atoms with Crippen molar-refractivity contribution in [3.05, 3.63) is 75.9 Å². The Morgan fingerprint density at radius 3 is 2.41 bits per heavy atom. The third kappa shape index (κ3) is 4.60. The number of carbonyl (C=O) groups excluding carboxylic acids is 1. The van der Waals surface area contributed by atoms with E-state index in [9.17, 15) is 18.0 Å². The minimum atomic E-state index is -4.86. The second-order valence-corrected chi connectivity index (χ2v) is 8.60. The molecule has 176 valence electrons. The molecule has 0 aliphatic rings. The maximum absolute atomic E-state index is 13.9. The molecule has 1 amide bonds. The van der Waals surface area contributed by atoms with E-state index in [4.69, 9.17) is 23.2 Å². The maximum atomic E-state index is 13.9. The van der Waals surface area contributed by atoms with Gasteiger partial charge in [-0.3, -0.25) is 4.79 Å². The number of para-hydroxylation sites is 1. The van der Waals surface area contributed by atoms with Gasteiger partial charge < -0.3 is 5.32 Å². The van der Waals surface area contributed by atoms with Crippen LogP contribution in [0, 0.1) is 0 Å². The fraction of sp³-hybridized carbons (Fsp3) is 0.208. The van der Waals surface area contributed by atoms with Crippen molar-refractivity contribution in [1.29, 1.82) is 0 Å². The second-order valence-electron chi connectivity index (χ2n) is 7.75. The number of halogens is 5. The van der Waals surface area contributed by atoms with E-state index in [1.165, 1.54) is 10.7 Å². The van der Waals surface area contributed by atoms with E-state index in [0.717, 1.165) is 0 Å². The molecule has 4 rings (SSSR count). The molecule has 2 heterocycles. The fourth-order valence-electron chi connectivity index (χ4n) is 3.49. The maximum Gasteiger partial charge on any atom is 0.434 e. The molecule has 0 saturated heterocycles. The molecule has 0 fully saturated rings. The first-order chi connectivity index (χ1) is 16.1. The first-order valence-corrected chi connectivity index (χ1v) is 11.2. The minimum Gasteiger partial charge on any atom is -0.350 e. The summed E-state index contributed by atoms with van der Waals surface area (Å²) in [5.74, 6) is -0.858. The average Bonchev–Trinajstić information content (AvgIpc) is 3.16. The van der Waals surface area contributed by atoms with Gasteiger partial charge in [-0.1, -0.05) is 54.4 Å². The Hall–Kier alpha value is -3.10. The zero-order valence-electron chi connectivity index (χ0n) is 18.1. The van der Waals surface area contributed by atoms with Crippen LogP contribution in [0.2, 0.25) is 10.0 Å². The average molecular weight is 507 g/mol. The topological polar surface area (TPSA) is 59.8 Å². The molecule has 0 spiro atoms. The SMILES string of the molecule is CCC(C)NC(=O)c1cc2c(-c3ccc(Cl)cc3)n(-c3ccccc3Cl)nc2nc1C(F)(F)F. The van der Waals surface area contributed by atoms with Gasteiger partial charge in [0, 0.05) is 22.0 Å². The van der Waals surface area contributed by atoms with Crippen molar-refractivity contribution in [3.63, 3.8) is 0 Å². The normalized spacial score (nSPS) is 12.7. The van der Waals surface area contributed by atoms with E-state index in [-0.39, 0.29) is 17.1 Å². The number of benzene rings is 2. The Kier molecular flexibility index (Phi) is 6.55. The van der Waals surface area contributed by atoms with Gasteiger partial charge in [-0.2, -0.15) is 13.2 Å². The van der Waals surface area contributed by atoms with Crippen LogP contribution in [0.4, 0.5) is 13.2 Å².